The smallest absolute Gasteiger partial charge is 0.216 e. The van der Waals surface area contributed by atoms with E-state index in [1.807, 2.05) is 13.0 Å². The SMILES string of the molecule is CCCCCc1nc(C)cc(OCC(C)CC)n1. The highest BCUT2D eigenvalue weighted by Crippen LogP contribution is 2.13. The fraction of sp³-hybridized carbons (Fsp3) is 0.733. The van der Waals surface area contributed by atoms with Crippen molar-refractivity contribution in [2.45, 2.75) is 59.8 Å². The van der Waals surface area contributed by atoms with Crippen molar-refractivity contribution in [3.63, 3.8) is 0 Å². The number of aryl methyl sites for hydroxylation is 2. The van der Waals surface area contributed by atoms with Crippen molar-refractivity contribution in [2.75, 3.05) is 6.61 Å². The molecular weight excluding hydrogens is 224 g/mol. The zero-order valence-electron chi connectivity index (χ0n) is 12.2. The maximum absolute atomic E-state index is 5.74. The Kier molecular flexibility index (Phi) is 6.69. The van der Waals surface area contributed by atoms with Crippen LogP contribution in [0.25, 0.3) is 0 Å². The first kappa shape index (κ1) is 14.9. The lowest BCUT2D eigenvalue weighted by atomic mass is 10.1. The zero-order chi connectivity index (χ0) is 13.4. The maximum Gasteiger partial charge on any atom is 0.216 e. The number of rotatable bonds is 8. The molecule has 0 aliphatic carbocycles. The lowest BCUT2D eigenvalue weighted by Crippen LogP contribution is -2.09. The molecule has 0 aliphatic rings. The van der Waals surface area contributed by atoms with Crippen LogP contribution in [0.1, 0.15) is 58.0 Å². The molecule has 0 saturated heterocycles. The summed E-state index contributed by atoms with van der Waals surface area (Å²) in [7, 11) is 0. The third-order valence-corrected chi connectivity index (χ3v) is 3.09. The molecular formula is C15H26N2O. The quantitative estimate of drug-likeness (QED) is 0.655. The molecule has 0 radical (unpaired) electrons. The van der Waals surface area contributed by atoms with E-state index in [1.165, 1.54) is 12.8 Å². The van der Waals surface area contributed by atoms with Crippen molar-refractivity contribution < 1.29 is 4.74 Å². The van der Waals surface area contributed by atoms with Gasteiger partial charge in [-0.25, -0.2) is 4.98 Å². The van der Waals surface area contributed by atoms with E-state index in [2.05, 4.69) is 30.7 Å². The van der Waals surface area contributed by atoms with Crippen molar-refractivity contribution >= 4 is 0 Å². The fourth-order valence-corrected chi connectivity index (χ4v) is 1.66. The summed E-state index contributed by atoms with van der Waals surface area (Å²) in [5.41, 5.74) is 0.996. The Labute approximate surface area is 111 Å². The highest BCUT2D eigenvalue weighted by Gasteiger charge is 2.05. The normalized spacial score (nSPS) is 12.4. The molecule has 3 heteroatoms. The van der Waals surface area contributed by atoms with Gasteiger partial charge in [0.2, 0.25) is 5.88 Å². The summed E-state index contributed by atoms with van der Waals surface area (Å²) < 4.78 is 5.74. The highest BCUT2D eigenvalue weighted by molar-refractivity contribution is 5.15. The third-order valence-electron chi connectivity index (χ3n) is 3.09. The minimum atomic E-state index is 0.573. The van der Waals surface area contributed by atoms with Crippen LogP contribution >= 0.6 is 0 Å². The van der Waals surface area contributed by atoms with Gasteiger partial charge in [0.15, 0.2) is 0 Å². The molecule has 0 amide bonds. The standard InChI is InChI=1S/C15H26N2O/c1-5-7-8-9-14-16-13(4)10-15(17-14)18-11-12(3)6-2/h10,12H,5-9,11H2,1-4H3. The van der Waals surface area contributed by atoms with Crippen LogP contribution in [-0.2, 0) is 6.42 Å². The number of hydrogen-bond acceptors (Lipinski definition) is 3. The lowest BCUT2D eigenvalue weighted by Gasteiger charge is -2.11. The molecule has 1 aromatic heterocycles. The summed E-state index contributed by atoms with van der Waals surface area (Å²) in [5.74, 6) is 2.22. The molecule has 18 heavy (non-hydrogen) atoms. The fourth-order valence-electron chi connectivity index (χ4n) is 1.66. The van der Waals surface area contributed by atoms with E-state index in [4.69, 9.17) is 4.74 Å². The Bertz CT molecular complexity index is 352. The Morgan fingerprint density at radius 1 is 1.22 bits per heavy atom. The first-order chi connectivity index (χ1) is 8.65. The summed E-state index contributed by atoms with van der Waals surface area (Å²) in [6.45, 7) is 9.31. The largest absolute Gasteiger partial charge is 0.477 e. The number of ether oxygens (including phenoxy) is 1. The minimum absolute atomic E-state index is 0.573. The molecule has 1 rings (SSSR count). The molecule has 102 valence electrons. The predicted octanol–water partition coefficient (Wildman–Crippen LogP) is 3.94. The van der Waals surface area contributed by atoms with Gasteiger partial charge in [-0.15, -0.1) is 0 Å². The summed E-state index contributed by atoms with van der Waals surface area (Å²) >= 11 is 0. The molecule has 0 N–H and O–H groups in total. The van der Waals surface area contributed by atoms with Crippen molar-refractivity contribution in [2.24, 2.45) is 5.92 Å². The van der Waals surface area contributed by atoms with Gasteiger partial charge in [0.05, 0.1) is 6.61 Å². The van der Waals surface area contributed by atoms with Crippen LogP contribution < -0.4 is 4.74 Å². The molecule has 0 bridgehead atoms. The van der Waals surface area contributed by atoms with E-state index >= 15 is 0 Å². The minimum Gasteiger partial charge on any atom is -0.477 e. The van der Waals surface area contributed by atoms with Gasteiger partial charge in [-0.1, -0.05) is 40.0 Å². The molecule has 0 aliphatic heterocycles. The molecule has 1 heterocycles. The number of unbranched alkanes of at least 4 members (excludes halogenated alkanes) is 2. The summed E-state index contributed by atoms with van der Waals surface area (Å²) in [6.07, 6.45) is 5.71. The first-order valence-corrected chi connectivity index (χ1v) is 7.13. The van der Waals surface area contributed by atoms with Gasteiger partial charge in [0, 0.05) is 18.2 Å². The van der Waals surface area contributed by atoms with Crippen LogP contribution in [-0.4, -0.2) is 16.6 Å². The first-order valence-electron chi connectivity index (χ1n) is 7.13. The van der Waals surface area contributed by atoms with Crippen LogP contribution in [0.3, 0.4) is 0 Å². The Morgan fingerprint density at radius 3 is 2.67 bits per heavy atom. The van der Waals surface area contributed by atoms with E-state index in [0.29, 0.717) is 5.92 Å². The molecule has 1 aromatic rings. The lowest BCUT2D eigenvalue weighted by molar-refractivity contribution is 0.246. The van der Waals surface area contributed by atoms with Gasteiger partial charge in [-0.05, 0) is 19.3 Å². The highest BCUT2D eigenvalue weighted by atomic mass is 16.5. The van der Waals surface area contributed by atoms with Gasteiger partial charge in [-0.3, -0.25) is 0 Å². The molecule has 0 aromatic carbocycles. The number of aromatic nitrogens is 2. The topological polar surface area (TPSA) is 35.0 Å². The van der Waals surface area contributed by atoms with Crippen LogP contribution in [0.5, 0.6) is 5.88 Å². The Hall–Kier alpha value is -1.12. The van der Waals surface area contributed by atoms with Crippen LogP contribution in [0.2, 0.25) is 0 Å². The molecule has 0 fully saturated rings. The van der Waals surface area contributed by atoms with Gasteiger partial charge in [0.1, 0.15) is 5.82 Å². The summed E-state index contributed by atoms with van der Waals surface area (Å²) in [5, 5.41) is 0. The van der Waals surface area contributed by atoms with E-state index in [1.54, 1.807) is 0 Å². The summed E-state index contributed by atoms with van der Waals surface area (Å²) in [6, 6.07) is 1.92. The monoisotopic (exact) mass is 250 g/mol. The van der Waals surface area contributed by atoms with Crippen LogP contribution in [0.15, 0.2) is 6.07 Å². The molecule has 0 saturated carbocycles. The van der Waals surface area contributed by atoms with Crippen molar-refractivity contribution in [3.8, 4) is 5.88 Å². The predicted molar refractivity (Wildman–Crippen MR) is 74.9 cm³/mol. The van der Waals surface area contributed by atoms with Crippen molar-refractivity contribution in [1.82, 2.24) is 9.97 Å². The average Bonchev–Trinajstić information content (AvgIpc) is 2.35. The molecule has 3 nitrogen and oxygen atoms in total. The summed E-state index contributed by atoms with van der Waals surface area (Å²) in [4.78, 5) is 8.94. The van der Waals surface area contributed by atoms with Crippen molar-refractivity contribution in [3.05, 3.63) is 17.6 Å². The average molecular weight is 250 g/mol. The van der Waals surface area contributed by atoms with Gasteiger partial charge in [0.25, 0.3) is 0 Å². The third kappa shape index (κ3) is 5.48. The van der Waals surface area contributed by atoms with Crippen molar-refractivity contribution in [1.29, 1.82) is 0 Å². The number of nitrogens with zero attached hydrogens (tertiary/aromatic N) is 2. The van der Waals surface area contributed by atoms with Gasteiger partial charge >= 0.3 is 0 Å². The zero-order valence-corrected chi connectivity index (χ0v) is 12.2. The maximum atomic E-state index is 5.74. The van der Waals surface area contributed by atoms with Gasteiger partial charge in [-0.2, -0.15) is 4.98 Å². The Morgan fingerprint density at radius 2 is 2.00 bits per heavy atom. The van der Waals surface area contributed by atoms with Crippen LogP contribution in [0.4, 0.5) is 0 Å². The van der Waals surface area contributed by atoms with Crippen LogP contribution in [0, 0.1) is 12.8 Å². The number of hydrogen-bond donors (Lipinski definition) is 0. The van der Waals surface area contributed by atoms with E-state index in [-0.39, 0.29) is 0 Å². The Balaban J connectivity index is 2.56. The molecule has 0 spiro atoms. The van der Waals surface area contributed by atoms with E-state index in [0.717, 1.165) is 43.3 Å². The van der Waals surface area contributed by atoms with Gasteiger partial charge < -0.3 is 4.74 Å². The molecule has 1 unspecified atom stereocenters. The second kappa shape index (κ2) is 8.06. The molecule has 1 atom stereocenters. The second-order valence-electron chi connectivity index (χ2n) is 5.05. The van der Waals surface area contributed by atoms with E-state index in [9.17, 15) is 0 Å². The second-order valence-corrected chi connectivity index (χ2v) is 5.05. The van der Waals surface area contributed by atoms with E-state index < -0.39 is 0 Å².